The van der Waals surface area contributed by atoms with Gasteiger partial charge in [0.2, 0.25) is 11.8 Å². The lowest BCUT2D eigenvalue weighted by Crippen LogP contribution is -2.47. The Hall–Kier alpha value is -5.88. The van der Waals surface area contributed by atoms with Crippen LogP contribution in [-0.4, -0.2) is 137 Å². The van der Waals surface area contributed by atoms with E-state index in [1.54, 1.807) is 18.2 Å². The Morgan fingerprint density at radius 2 is 1.51 bits per heavy atom. The number of hydrogen-bond acceptors (Lipinski definition) is 14. The first-order valence-corrected chi connectivity index (χ1v) is 31.3. The van der Waals surface area contributed by atoms with Crippen molar-refractivity contribution in [3.05, 3.63) is 148 Å². The van der Waals surface area contributed by atoms with Crippen LogP contribution in [-0.2, 0) is 36.0 Å². The van der Waals surface area contributed by atoms with Crippen molar-refractivity contribution in [2.24, 2.45) is 5.41 Å². The van der Waals surface area contributed by atoms with Gasteiger partial charge in [0.05, 0.1) is 22.2 Å². The molecule has 432 valence electrons. The SMILES string of the molecule is CC1(C)CCC(c2ccc(Cl)cc2)=C(CN2CCN(c3ccc(C(=O)NS(=O)(=O)c4ccc(N[C@H](CCN5CCN(Cc6ccnc(C7CCC(=O)NC7=O)c6F)CC5)CSc5ccccc5)c(S(=O)(=O)C(F)(F)F)c4)cc3)CC2)C1. The Kier molecular flexibility index (Phi) is 18.7. The number of sulfone groups is 1. The highest BCUT2D eigenvalue weighted by molar-refractivity contribution is 7.99. The van der Waals surface area contributed by atoms with E-state index in [9.17, 15) is 44.4 Å². The lowest BCUT2D eigenvalue weighted by atomic mass is 9.73. The highest BCUT2D eigenvalue weighted by Crippen LogP contribution is 2.43. The van der Waals surface area contributed by atoms with Gasteiger partial charge in [-0.1, -0.05) is 61.4 Å². The lowest BCUT2D eigenvalue weighted by molar-refractivity contribution is -0.134. The standard InChI is InChI=1S/C58H65ClF4N8O7S3/c1-57(2)23-20-48(39-8-12-43(59)13-9-39)42(35-57)37-70-30-32-71(33-31-70)45-14-10-40(11-15-45)55(73)67-81(77,78)47-16-18-50(51(34-47)80(75,76)58(61,62)63)65-44(38-79-46-6-4-3-5-7-46)22-25-68-26-28-69(29-27-68)36-41-21-24-64-54(53(41)60)49-17-19-52(72)66-56(49)74/h3-16,18,21,24,34,44,49,65H,17,19-20,22-23,25-33,35-38H2,1-2H3,(H,67,73)(H,66,72,74)/t44-,49?/m1/s1. The van der Waals surface area contributed by atoms with Gasteiger partial charge < -0.3 is 15.1 Å². The Balaban J connectivity index is 0.837. The summed E-state index contributed by atoms with van der Waals surface area (Å²) in [4.78, 5) is 49.3. The molecule has 2 atom stereocenters. The number of nitrogens with one attached hydrogen (secondary N) is 3. The Morgan fingerprint density at radius 3 is 2.19 bits per heavy atom. The number of imide groups is 1. The molecule has 4 aliphatic rings. The topological polar surface area (TPSA) is 181 Å². The molecule has 81 heavy (non-hydrogen) atoms. The summed E-state index contributed by atoms with van der Waals surface area (Å²) in [5.74, 6) is -3.25. The third-order valence-corrected chi connectivity index (χ3v) is 19.8. The number of hydrogen-bond donors (Lipinski definition) is 3. The molecule has 3 aliphatic heterocycles. The average Bonchev–Trinajstić information content (AvgIpc) is 3.60. The summed E-state index contributed by atoms with van der Waals surface area (Å²) in [5, 5.41) is 5.95. The van der Waals surface area contributed by atoms with Crippen molar-refractivity contribution < 1.29 is 48.8 Å². The summed E-state index contributed by atoms with van der Waals surface area (Å²) in [6, 6.07) is 26.9. The number of halogens is 5. The smallest absolute Gasteiger partial charge is 0.380 e. The van der Waals surface area contributed by atoms with E-state index in [4.69, 9.17) is 11.6 Å². The molecule has 3 saturated heterocycles. The van der Waals surface area contributed by atoms with Gasteiger partial charge in [0.1, 0.15) is 10.7 Å². The minimum atomic E-state index is -6.16. The van der Waals surface area contributed by atoms with Gasteiger partial charge >= 0.3 is 5.51 Å². The van der Waals surface area contributed by atoms with Crippen molar-refractivity contribution in [2.45, 2.75) is 91.1 Å². The molecule has 1 unspecified atom stereocenters. The number of anilines is 2. The molecule has 3 fully saturated rings. The largest absolute Gasteiger partial charge is 0.501 e. The minimum absolute atomic E-state index is 0.00644. The van der Waals surface area contributed by atoms with Crippen LogP contribution in [0.25, 0.3) is 5.57 Å². The average molecular weight is 1190 g/mol. The van der Waals surface area contributed by atoms with E-state index in [0.29, 0.717) is 68.9 Å². The number of aromatic nitrogens is 1. The number of alkyl halides is 3. The first kappa shape index (κ1) is 59.7. The normalized spacial score (nSPS) is 19.3. The Morgan fingerprint density at radius 1 is 0.840 bits per heavy atom. The van der Waals surface area contributed by atoms with E-state index in [0.717, 1.165) is 61.6 Å². The number of thioether (sulfide) groups is 1. The van der Waals surface area contributed by atoms with Crippen molar-refractivity contribution >= 4 is 77.9 Å². The monoisotopic (exact) mass is 1190 g/mol. The second-order valence-corrected chi connectivity index (χ2v) is 26.9. The molecule has 3 amide bonds. The van der Waals surface area contributed by atoms with Crippen LogP contribution in [0, 0.1) is 11.2 Å². The molecule has 4 heterocycles. The minimum Gasteiger partial charge on any atom is -0.380 e. The third kappa shape index (κ3) is 14.9. The highest BCUT2D eigenvalue weighted by atomic mass is 35.5. The zero-order chi connectivity index (χ0) is 57.7. The molecular weight excluding hydrogens is 1130 g/mol. The number of rotatable bonds is 19. The molecule has 15 nitrogen and oxygen atoms in total. The van der Waals surface area contributed by atoms with Crippen LogP contribution in [0.4, 0.5) is 28.9 Å². The number of pyridine rings is 1. The van der Waals surface area contributed by atoms with Gasteiger partial charge in [-0.15, -0.1) is 11.8 Å². The summed E-state index contributed by atoms with van der Waals surface area (Å²) in [6.45, 7) is 11.3. The molecule has 1 aromatic heterocycles. The predicted octanol–water partition coefficient (Wildman–Crippen LogP) is 9.37. The van der Waals surface area contributed by atoms with Crippen LogP contribution in [0.5, 0.6) is 0 Å². The molecular formula is C58H65ClF4N8O7S3. The number of piperidine rings is 1. The van der Waals surface area contributed by atoms with Gasteiger partial charge in [-0.2, -0.15) is 13.2 Å². The molecule has 1 aliphatic carbocycles. The van der Waals surface area contributed by atoms with Crippen molar-refractivity contribution in [2.75, 3.05) is 81.4 Å². The summed E-state index contributed by atoms with van der Waals surface area (Å²) >= 11 is 7.60. The quantitative estimate of drug-likeness (QED) is 0.0404. The van der Waals surface area contributed by atoms with Crippen LogP contribution in [0.1, 0.15) is 85.5 Å². The van der Waals surface area contributed by atoms with Crippen molar-refractivity contribution in [3.8, 4) is 0 Å². The van der Waals surface area contributed by atoms with Gasteiger partial charge in [-0.05, 0) is 121 Å². The molecule has 0 spiro atoms. The number of nitrogens with zero attached hydrogens (tertiary/aromatic N) is 5. The summed E-state index contributed by atoms with van der Waals surface area (Å²) in [5.41, 5.74) is -0.932. The van der Waals surface area contributed by atoms with E-state index in [1.807, 2.05) is 52.1 Å². The molecule has 0 radical (unpaired) electrons. The second-order valence-electron chi connectivity index (χ2n) is 21.8. The summed E-state index contributed by atoms with van der Waals surface area (Å²) < 4.78 is 115. The van der Waals surface area contributed by atoms with Gasteiger partial charge in [0, 0.05) is 123 Å². The lowest BCUT2D eigenvalue weighted by Gasteiger charge is -2.39. The van der Waals surface area contributed by atoms with Gasteiger partial charge in [-0.25, -0.2) is 25.9 Å². The first-order chi connectivity index (χ1) is 38.5. The summed E-state index contributed by atoms with van der Waals surface area (Å²) in [7, 11) is -11.1. The van der Waals surface area contributed by atoms with E-state index in [2.05, 4.69) is 56.3 Å². The maximum absolute atomic E-state index is 15.7. The van der Waals surface area contributed by atoms with Crippen molar-refractivity contribution in [1.82, 2.24) is 29.7 Å². The van der Waals surface area contributed by atoms with Crippen molar-refractivity contribution in [3.63, 3.8) is 0 Å². The van der Waals surface area contributed by atoms with E-state index < -0.39 is 76.3 Å². The van der Waals surface area contributed by atoms with Crippen LogP contribution >= 0.6 is 23.4 Å². The number of amides is 3. The Bertz CT molecular complexity index is 3360. The van der Waals surface area contributed by atoms with E-state index in [1.165, 1.54) is 46.8 Å². The first-order valence-electron chi connectivity index (χ1n) is 26.9. The molecule has 5 aromatic rings. The number of sulfonamides is 1. The number of carbonyl (C=O) groups excluding carboxylic acids is 3. The molecule has 0 bridgehead atoms. The van der Waals surface area contributed by atoms with E-state index in [-0.39, 0.29) is 41.8 Å². The fourth-order valence-electron chi connectivity index (χ4n) is 10.9. The number of carbonyl (C=O) groups is 3. The third-order valence-electron chi connectivity index (χ3n) is 15.5. The molecule has 4 aromatic carbocycles. The molecule has 23 heteroatoms. The summed E-state index contributed by atoms with van der Waals surface area (Å²) in [6.07, 6.45) is 5.12. The number of benzene rings is 4. The molecule has 3 N–H and O–H groups in total. The van der Waals surface area contributed by atoms with Crippen LogP contribution in [0.15, 0.2) is 130 Å². The highest BCUT2D eigenvalue weighted by Gasteiger charge is 2.49. The van der Waals surface area contributed by atoms with Gasteiger partial charge in [0.25, 0.3) is 25.8 Å². The number of allylic oxidation sites excluding steroid dienone is 1. The predicted molar refractivity (Wildman–Crippen MR) is 306 cm³/mol. The van der Waals surface area contributed by atoms with Crippen LogP contribution in [0.2, 0.25) is 5.02 Å². The second kappa shape index (κ2) is 25.3. The van der Waals surface area contributed by atoms with Crippen molar-refractivity contribution in [1.29, 1.82) is 0 Å². The fraction of sp³-hybridized carbons (Fsp3) is 0.414. The van der Waals surface area contributed by atoms with E-state index >= 15 is 4.39 Å². The molecule has 9 rings (SSSR count). The van der Waals surface area contributed by atoms with Crippen LogP contribution < -0.4 is 20.3 Å². The maximum Gasteiger partial charge on any atom is 0.501 e. The number of piperazine rings is 2. The fourth-order valence-corrected chi connectivity index (χ4v) is 14.0. The zero-order valence-electron chi connectivity index (χ0n) is 45.0. The Labute approximate surface area is 479 Å². The van der Waals surface area contributed by atoms with Gasteiger partial charge in [0.15, 0.2) is 0 Å². The van der Waals surface area contributed by atoms with Crippen LogP contribution in [0.3, 0.4) is 0 Å². The van der Waals surface area contributed by atoms with Gasteiger partial charge in [-0.3, -0.25) is 34.5 Å². The zero-order valence-corrected chi connectivity index (χ0v) is 48.2. The molecule has 0 saturated carbocycles. The maximum atomic E-state index is 15.7.